The Morgan fingerprint density at radius 1 is 1.21 bits per heavy atom. The number of carbonyl (C=O) groups is 1. The standard InChI is InChI=1S/C17H22ClN3O2S/c1-3-9-19-10-11-20-15-14(17(22)23-4-2)24-16(21-15)12-5-7-13(18)8-6-12/h5-8,19-20H,3-4,9-11H2,1-2H3. The highest BCUT2D eigenvalue weighted by atomic mass is 35.5. The maximum absolute atomic E-state index is 12.2. The van der Waals surface area contributed by atoms with Crippen molar-refractivity contribution in [2.75, 3.05) is 31.6 Å². The topological polar surface area (TPSA) is 63.2 Å². The highest BCUT2D eigenvalue weighted by Gasteiger charge is 2.19. The number of halogens is 1. The molecule has 0 atom stereocenters. The predicted octanol–water partition coefficient (Wildman–Crippen LogP) is 4.05. The van der Waals surface area contributed by atoms with Gasteiger partial charge in [0.1, 0.15) is 5.01 Å². The maximum Gasteiger partial charge on any atom is 0.352 e. The van der Waals surface area contributed by atoms with E-state index in [0.29, 0.717) is 28.9 Å². The lowest BCUT2D eigenvalue weighted by molar-refractivity contribution is 0.0533. The van der Waals surface area contributed by atoms with Crippen LogP contribution < -0.4 is 10.6 Å². The van der Waals surface area contributed by atoms with Crippen LogP contribution >= 0.6 is 22.9 Å². The van der Waals surface area contributed by atoms with E-state index in [2.05, 4.69) is 22.5 Å². The van der Waals surface area contributed by atoms with Gasteiger partial charge in [-0.3, -0.25) is 0 Å². The Bertz CT molecular complexity index is 658. The molecule has 1 heterocycles. The molecule has 0 aliphatic rings. The molecule has 1 aromatic carbocycles. The average Bonchev–Trinajstić information content (AvgIpc) is 3.00. The lowest BCUT2D eigenvalue weighted by Crippen LogP contribution is -2.23. The molecular weight excluding hydrogens is 346 g/mol. The van der Waals surface area contributed by atoms with E-state index < -0.39 is 0 Å². The lowest BCUT2D eigenvalue weighted by atomic mass is 10.2. The number of nitrogens with zero attached hydrogens (tertiary/aromatic N) is 1. The van der Waals surface area contributed by atoms with Crippen molar-refractivity contribution >= 4 is 34.7 Å². The van der Waals surface area contributed by atoms with Gasteiger partial charge in [-0.25, -0.2) is 9.78 Å². The van der Waals surface area contributed by atoms with Gasteiger partial charge >= 0.3 is 5.97 Å². The van der Waals surface area contributed by atoms with Gasteiger partial charge in [0, 0.05) is 23.7 Å². The number of esters is 1. The summed E-state index contributed by atoms with van der Waals surface area (Å²) in [7, 11) is 0. The Balaban J connectivity index is 2.16. The van der Waals surface area contributed by atoms with E-state index in [4.69, 9.17) is 16.3 Å². The molecule has 0 aliphatic carbocycles. The van der Waals surface area contributed by atoms with Crippen molar-refractivity contribution in [3.8, 4) is 10.6 Å². The van der Waals surface area contributed by atoms with Crippen LogP contribution in [0, 0.1) is 0 Å². The second-order valence-corrected chi connectivity index (χ2v) is 6.54. The highest BCUT2D eigenvalue weighted by Crippen LogP contribution is 2.32. The minimum atomic E-state index is -0.348. The van der Waals surface area contributed by atoms with Crippen LogP contribution in [0.15, 0.2) is 24.3 Å². The van der Waals surface area contributed by atoms with Crippen molar-refractivity contribution in [2.24, 2.45) is 0 Å². The lowest BCUT2D eigenvalue weighted by Gasteiger charge is -2.06. The van der Waals surface area contributed by atoms with Gasteiger partial charge in [0.2, 0.25) is 0 Å². The third kappa shape index (κ3) is 5.19. The summed E-state index contributed by atoms with van der Waals surface area (Å²) < 4.78 is 5.14. The Labute approximate surface area is 151 Å². The van der Waals surface area contributed by atoms with Crippen molar-refractivity contribution < 1.29 is 9.53 Å². The van der Waals surface area contributed by atoms with E-state index in [1.54, 1.807) is 6.92 Å². The third-order valence-electron chi connectivity index (χ3n) is 3.20. The van der Waals surface area contributed by atoms with Crippen LogP contribution in [-0.2, 0) is 4.74 Å². The van der Waals surface area contributed by atoms with Crippen molar-refractivity contribution in [1.82, 2.24) is 10.3 Å². The summed E-state index contributed by atoms with van der Waals surface area (Å²) in [5.41, 5.74) is 0.923. The number of rotatable bonds is 9. The molecule has 0 saturated heterocycles. The van der Waals surface area contributed by atoms with Crippen LogP contribution in [0.2, 0.25) is 5.02 Å². The number of aromatic nitrogens is 1. The zero-order chi connectivity index (χ0) is 17.4. The Morgan fingerprint density at radius 2 is 1.96 bits per heavy atom. The van der Waals surface area contributed by atoms with Crippen LogP contribution in [0.1, 0.15) is 29.9 Å². The van der Waals surface area contributed by atoms with Gasteiger partial charge in [0.05, 0.1) is 6.61 Å². The molecular formula is C17H22ClN3O2S. The predicted molar refractivity (Wildman–Crippen MR) is 100 cm³/mol. The molecule has 0 bridgehead atoms. The molecule has 0 spiro atoms. The first-order chi connectivity index (χ1) is 11.7. The zero-order valence-corrected chi connectivity index (χ0v) is 15.5. The van der Waals surface area contributed by atoms with Crippen LogP contribution in [0.3, 0.4) is 0 Å². The van der Waals surface area contributed by atoms with Gasteiger partial charge in [-0.15, -0.1) is 11.3 Å². The molecule has 7 heteroatoms. The van der Waals surface area contributed by atoms with Gasteiger partial charge in [0.25, 0.3) is 0 Å². The van der Waals surface area contributed by atoms with E-state index in [1.165, 1.54) is 11.3 Å². The van der Waals surface area contributed by atoms with Crippen LogP contribution in [0.25, 0.3) is 10.6 Å². The third-order valence-corrected chi connectivity index (χ3v) is 4.54. The number of ether oxygens (including phenoxy) is 1. The number of anilines is 1. The molecule has 24 heavy (non-hydrogen) atoms. The molecule has 130 valence electrons. The molecule has 0 fully saturated rings. The molecule has 2 rings (SSSR count). The summed E-state index contributed by atoms with van der Waals surface area (Å²) in [6.45, 7) is 6.73. The fourth-order valence-corrected chi connectivity index (χ4v) is 3.13. The molecule has 0 aliphatic heterocycles. The number of carbonyl (C=O) groups excluding carboxylic acids is 1. The number of benzene rings is 1. The van der Waals surface area contributed by atoms with Crippen LogP contribution in [0.5, 0.6) is 0 Å². The minimum Gasteiger partial charge on any atom is -0.462 e. The average molecular weight is 368 g/mol. The first-order valence-electron chi connectivity index (χ1n) is 8.04. The van der Waals surface area contributed by atoms with Crippen molar-refractivity contribution in [2.45, 2.75) is 20.3 Å². The number of hydrogen-bond donors (Lipinski definition) is 2. The SMILES string of the molecule is CCCNCCNc1nc(-c2ccc(Cl)cc2)sc1C(=O)OCC. The largest absolute Gasteiger partial charge is 0.462 e. The molecule has 0 unspecified atom stereocenters. The van der Waals surface area contributed by atoms with Gasteiger partial charge < -0.3 is 15.4 Å². The summed E-state index contributed by atoms with van der Waals surface area (Å²) in [4.78, 5) is 17.2. The van der Waals surface area contributed by atoms with Crippen molar-refractivity contribution in [1.29, 1.82) is 0 Å². The monoisotopic (exact) mass is 367 g/mol. The second kappa shape index (κ2) is 9.61. The summed E-state index contributed by atoms with van der Waals surface area (Å²) in [5, 5.41) is 7.96. The molecule has 2 aromatic rings. The van der Waals surface area contributed by atoms with E-state index in [0.717, 1.165) is 30.1 Å². The van der Waals surface area contributed by atoms with E-state index in [-0.39, 0.29) is 5.97 Å². The number of thiazole rings is 1. The fourth-order valence-electron chi connectivity index (χ4n) is 2.06. The summed E-state index contributed by atoms with van der Waals surface area (Å²) in [6.07, 6.45) is 1.09. The maximum atomic E-state index is 12.2. The summed E-state index contributed by atoms with van der Waals surface area (Å²) >= 11 is 7.25. The Kier molecular flexibility index (Phi) is 7.49. The first-order valence-corrected chi connectivity index (χ1v) is 9.23. The van der Waals surface area contributed by atoms with Crippen LogP contribution in [0.4, 0.5) is 5.82 Å². The molecule has 1 aromatic heterocycles. The molecule has 2 N–H and O–H groups in total. The second-order valence-electron chi connectivity index (χ2n) is 5.10. The molecule has 5 nitrogen and oxygen atoms in total. The van der Waals surface area contributed by atoms with Crippen molar-refractivity contribution in [3.05, 3.63) is 34.2 Å². The quantitative estimate of drug-likeness (QED) is 0.517. The molecule has 0 saturated carbocycles. The van der Waals surface area contributed by atoms with Gasteiger partial charge in [-0.2, -0.15) is 0 Å². The van der Waals surface area contributed by atoms with E-state index in [9.17, 15) is 4.79 Å². The zero-order valence-electron chi connectivity index (χ0n) is 13.9. The number of hydrogen-bond acceptors (Lipinski definition) is 6. The van der Waals surface area contributed by atoms with E-state index in [1.807, 2.05) is 24.3 Å². The van der Waals surface area contributed by atoms with Crippen LogP contribution in [-0.4, -0.2) is 37.2 Å². The van der Waals surface area contributed by atoms with E-state index >= 15 is 0 Å². The summed E-state index contributed by atoms with van der Waals surface area (Å²) in [5.74, 6) is 0.223. The summed E-state index contributed by atoms with van der Waals surface area (Å²) in [6, 6.07) is 7.40. The smallest absolute Gasteiger partial charge is 0.352 e. The van der Waals surface area contributed by atoms with Gasteiger partial charge in [0.15, 0.2) is 10.7 Å². The molecule has 0 amide bonds. The van der Waals surface area contributed by atoms with Crippen molar-refractivity contribution in [3.63, 3.8) is 0 Å². The first kappa shape index (κ1) is 18.7. The molecule has 0 radical (unpaired) electrons. The minimum absolute atomic E-state index is 0.338. The highest BCUT2D eigenvalue weighted by molar-refractivity contribution is 7.17. The number of nitrogens with one attached hydrogen (secondary N) is 2. The normalized spacial score (nSPS) is 10.6. The van der Waals surface area contributed by atoms with Gasteiger partial charge in [-0.05, 0) is 32.0 Å². The Morgan fingerprint density at radius 3 is 2.62 bits per heavy atom. The van der Waals surface area contributed by atoms with Gasteiger partial charge in [-0.1, -0.05) is 30.7 Å². The fraction of sp³-hybridized carbons (Fsp3) is 0.412. The Hall–Kier alpha value is -1.63.